The van der Waals surface area contributed by atoms with Gasteiger partial charge in [0.1, 0.15) is 0 Å². The number of rotatable bonds is 5. The Morgan fingerprint density at radius 2 is 1.88 bits per heavy atom. The molecule has 3 aromatic rings. The van der Waals surface area contributed by atoms with Crippen LogP contribution in [-0.4, -0.2) is 28.3 Å². The molecule has 0 saturated carbocycles. The third-order valence-corrected chi connectivity index (χ3v) is 5.24. The molecule has 1 saturated heterocycles. The number of aryl methyl sites for hydroxylation is 1. The average Bonchev–Trinajstić information content (AvgIpc) is 3.25. The molecule has 3 heteroatoms. The fraction of sp³-hybridized carbons (Fsp3) is 0.261. The average molecular weight is 344 g/mol. The minimum absolute atomic E-state index is 0.100. The van der Waals surface area contributed by atoms with E-state index in [9.17, 15) is 4.79 Å². The van der Waals surface area contributed by atoms with Crippen molar-refractivity contribution in [2.75, 3.05) is 13.1 Å². The van der Waals surface area contributed by atoms with E-state index in [-0.39, 0.29) is 5.78 Å². The van der Waals surface area contributed by atoms with E-state index < -0.39 is 0 Å². The van der Waals surface area contributed by atoms with Crippen LogP contribution in [-0.2, 0) is 13.6 Å². The number of allylic oxidation sites excluding steroid dienone is 1. The molecule has 1 atom stereocenters. The minimum atomic E-state index is 0.100. The summed E-state index contributed by atoms with van der Waals surface area (Å²) in [6.07, 6.45) is 6.94. The van der Waals surface area contributed by atoms with Crippen molar-refractivity contribution in [2.45, 2.75) is 13.0 Å². The summed E-state index contributed by atoms with van der Waals surface area (Å²) in [7, 11) is 1.99. The first kappa shape index (κ1) is 16.8. The van der Waals surface area contributed by atoms with Crippen molar-refractivity contribution in [3.05, 3.63) is 84.1 Å². The molecule has 26 heavy (non-hydrogen) atoms. The molecule has 132 valence electrons. The van der Waals surface area contributed by atoms with Crippen LogP contribution in [0.2, 0.25) is 0 Å². The Kier molecular flexibility index (Phi) is 4.72. The van der Waals surface area contributed by atoms with Gasteiger partial charge in [0.05, 0.1) is 0 Å². The van der Waals surface area contributed by atoms with Crippen LogP contribution in [0.5, 0.6) is 0 Å². The van der Waals surface area contributed by atoms with Gasteiger partial charge in [0.25, 0.3) is 0 Å². The first-order valence-electron chi connectivity index (χ1n) is 9.23. The highest BCUT2D eigenvalue weighted by molar-refractivity contribution is 6.13. The Bertz CT molecular complexity index is 939. The fourth-order valence-corrected chi connectivity index (χ4v) is 3.86. The number of para-hydroxylation sites is 1. The second-order valence-corrected chi connectivity index (χ2v) is 7.16. The number of hydrogen-bond donors (Lipinski definition) is 0. The summed E-state index contributed by atoms with van der Waals surface area (Å²) in [4.78, 5) is 15.2. The fourth-order valence-electron chi connectivity index (χ4n) is 3.86. The van der Waals surface area contributed by atoms with Crippen molar-refractivity contribution in [2.24, 2.45) is 13.0 Å². The summed E-state index contributed by atoms with van der Waals surface area (Å²) in [5.74, 6) is 0.556. The predicted molar refractivity (Wildman–Crippen MR) is 106 cm³/mol. The lowest BCUT2D eigenvalue weighted by Crippen LogP contribution is -2.19. The van der Waals surface area contributed by atoms with Crippen LogP contribution in [0.15, 0.2) is 72.9 Å². The largest absolute Gasteiger partial charge is 0.350 e. The molecule has 1 aromatic heterocycles. The Balaban J connectivity index is 1.41. The lowest BCUT2D eigenvalue weighted by Gasteiger charge is -2.15. The molecule has 2 heterocycles. The molecule has 0 N–H and O–H groups in total. The molecule has 2 aromatic carbocycles. The number of carbonyl (C=O) groups excluding carboxylic acids is 1. The molecule has 0 amide bonds. The zero-order chi connectivity index (χ0) is 17.9. The van der Waals surface area contributed by atoms with Crippen LogP contribution in [0.4, 0.5) is 0 Å². The van der Waals surface area contributed by atoms with E-state index in [1.807, 2.05) is 42.1 Å². The smallest absolute Gasteiger partial charge is 0.187 e. The second kappa shape index (κ2) is 7.30. The van der Waals surface area contributed by atoms with Crippen molar-refractivity contribution in [1.29, 1.82) is 0 Å². The van der Waals surface area contributed by atoms with Gasteiger partial charge in [-0.25, -0.2) is 0 Å². The van der Waals surface area contributed by atoms with Gasteiger partial charge in [-0.3, -0.25) is 9.69 Å². The number of likely N-dealkylation sites (tertiary alicyclic amines) is 1. The maximum absolute atomic E-state index is 12.7. The lowest BCUT2D eigenvalue weighted by atomic mass is 10.1. The molecule has 0 radical (unpaired) electrons. The van der Waals surface area contributed by atoms with Gasteiger partial charge in [-0.05, 0) is 36.6 Å². The number of ketones is 1. The van der Waals surface area contributed by atoms with Gasteiger partial charge in [-0.2, -0.15) is 0 Å². The van der Waals surface area contributed by atoms with Gasteiger partial charge in [-0.1, -0.05) is 54.6 Å². The Morgan fingerprint density at radius 1 is 1.12 bits per heavy atom. The maximum atomic E-state index is 12.7. The monoisotopic (exact) mass is 344 g/mol. The van der Waals surface area contributed by atoms with E-state index in [0.29, 0.717) is 5.92 Å². The summed E-state index contributed by atoms with van der Waals surface area (Å²) in [5.41, 5.74) is 3.24. The normalized spacial score (nSPS) is 18.1. The van der Waals surface area contributed by atoms with E-state index in [2.05, 4.69) is 41.3 Å². The van der Waals surface area contributed by atoms with Gasteiger partial charge in [0.2, 0.25) is 0 Å². The predicted octanol–water partition coefficient (Wildman–Crippen LogP) is 4.44. The Hall–Kier alpha value is -2.65. The van der Waals surface area contributed by atoms with E-state index in [1.165, 1.54) is 5.56 Å². The number of aromatic nitrogens is 1. The van der Waals surface area contributed by atoms with Gasteiger partial charge >= 0.3 is 0 Å². The molecule has 1 aliphatic rings. The molecule has 4 rings (SSSR count). The molecule has 1 aliphatic heterocycles. The lowest BCUT2D eigenvalue weighted by molar-refractivity contribution is 0.104. The van der Waals surface area contributed by atoms with Crippen LogP contribution < -0.4 is 0 Å². The summed E-state index contributed by atoms with van der Waals surface area (Å²) >= 11 is 0. The molecule has 1 unspecified atom stereocenters. The number of benzene rings is 2. The van der Waals surface area contributed by atoms with Crippen molar-refractivity contribution in [1.82, 2.24) is 9.47 Å². The molecular weight excluding hydrogens is 320 g/mol. The van der Waals surface area contributed by atoms with Crippen LogP contribution in [0, 0.1) is 5.92 Å². The van der Waals surface area contributed by atoms with E-state index in [4.69, 9.17) is 0 Å². The Morgan fingerprint density at radius 3 is 2.73 bits per heavy atom. The van der Waals surface area contributed by atoms with Gasteiger partial charge in [0.15, 0.2) is 5.78 Å². The van der Waals surface area contributed by atoms with E-state index >= 15 is 0 Å². The summed E-state index contributed by atoms with van der Waals surface area (Å²) in [6.45, 7) is 3.10. The molecule has 0 aliphatic carbocycles. The Labute approximate surface area is 154 Å². The van der Waals surface area contributed by atoms with E-state index in [0.717, 1.165) is 42.5 Å². The first-order chi connectivity index (χ1) is 12.7. The number of carbonyl (C=O) groups is 1. The highest BCUT2D eigenvalue weighted by Crippen LogP contribution is 2.23. The highest BCUT2D eigenvalue weighted by Gasteiger charge is 2.21. The number of nitrogens with zero attached hydrogens (tertiary/aromatic N) is 2. The summed E-state index contributed by atoms with van der Waals surface area (Å²) in [6, 6.07) is 18.6. The van der Waals surface area contributed by atoms with Crippen molar-refractivity contribution < 1.29 is 4.79 Å². The maximum Gasteiger partial charge on any atom is 0.187 e. The molecule has 0 spiro atoms. The van der Waals surface area contributed by atoms with Crippen molar-refractivity contribution in [3.8, 4) is 0 Å². The second-order valence-electron chi connectivity index (χ2n) is 7.16. The zero-order valence-corrected chi connectivity index (χ0v) is 15.1. The van der Waals surface area contributed by atoms with Crippen LogP contribution in [0.25, 0.3) is 10.9 Å². The van der Waals surface area contributed by atoms with Crippen molar-refractivity contribution >= 4 is 16.7 Å². The van der Waals surface area contributed by atoms with Crippen molar-refractivity contribution in [3.63, 3.8) is 0 Å². The molecule has 0 bridgehead atoms. The molecule has 1 fully saturated rings. The molecular formula is C23H24N2O. The van der Waals surface area contributed by atoms with Gasteiger partial charge < -0.3 is 4.57 Å². The first-order valence-corrected chi connectivity index (χ1v) is 9.23. The standard InChI is InChI=1S/C23H24N2O/c1-24-17-21(20-9-5-6-10-22(20)24)23(26)12-11-19-13-14-25(16-19)15-18-7-3-2-4-8-18/h2-12,17,19H,13-16H2,1H3. The zero-order valence-electron chi connectivity index (χ0n) is 15.1. The minimum Gasteiger partial charge on any atom is -0.350 e. The third kappa shape index (κ3) is 3.49. The van der Waals surface area contributed by atoms with Gasteiger partial charge in [-0.15, -0.1) is 0 Å². The topological polar surface area (TPSA) is 25.2 Å². The van der Waals surface area contributed by atoms with Crippen LogP contribution in [0.3, 0.4) is 0 Å². The molecule has 3 nitrogen and oxygen atoms in total. The quantitative estimate of drug-likeness (QED) is 0.505. The number of hydrogen-bond acceptors (Lipinski definition) is 2. The summed E-state index contributed by atoms with van der Waals surface area (Å²) < 4.78 is 2.02. The van der Waals surface area contributed by atoms with Crippen LogP contribution >= 0.6 is 0 Å². The van der Waals surface area contributed by atoms with Gasteiger partial charge in [0, 0.05) is 42.8 Å². The third-order valence-electron chi connectivity index (χ3n) is 5.24. The van der Waals surface area contributed by atoms with E-state index in [1.54, 1.807) is 6.08 Å². The SMILES string of the molecule is Cn1cc(C(=O)C=CC2CCN(Cc3ccccc3)C2)c2ccccc21. The number of fused-ring (bicyclic) bond motifs is 1. The summed E-state index contributed by atoms with van der Waals surface area (Å²) in [5, 5.41) is 1.03. The highest BCUT2D eigenvalue weighted by atomic mass is 16.1. The van der Waals surface area contributed by atoms with Crippen LogP contribution in [0.1, 0.15) is 22.3 Å².